The molecule has 0 aliphatic carbocycles. The number of carbonyl (C=O) groups is 2. The monoisotopic (exact) mass is 382 g/mol. The molecule has 0 bridgehead atoms. The zero-order valence-electron chi connectivity index (χ0n) is 17.7. The topological polar surface area (TPSA) is 89.1 Å². The predicted molar refractivity (Wildman–Crippen MR) is 110 cm³/mol. The molecular formula is C19H38N6O2. The van der Waals surface area contributed by atoms with Crippen LogP contribution in [0.4, 0.5) is 0 Å². The zero-order chi connectivity index (χ0) is 20.2. The molecule has 0 saturated carbocycles. The van der Waals surface area contributed by atoms with Gasteiger partial charge in [-0.05, 0) is 32.6 Å². The van der Waals surface area contributed by atoms with Crippen molar-refractivity contribution in [2.75, 3.05) is 46.8 Å². The summed E-state index contributed by atoms with van der Waals surface area (Å²) in [6, 6.07) is 0.581. The van der Waals surface area contributed by atoms with Gasteiger partial charge in [0.1, 0.15) is 6.54 Å². The van der Waals surface area contributed by atoms with E-state index in [-0.39, 0.29) is 24.4 Å². The van der Waals surface area contributed by atoms with E-state index in [1.807, 2.05) is 0 Å². The maximum Gasteiger partial charge on any atom is 0.243 e. The Morgan fingerprint density at radius 1 is 1.22 bits per heavy atom. The lowest BCUT2D eigenvalue weighted by Gasteiger charge is -2.33. The Balaban J connectivity index is 2.50. The van der Waals surface area contributed by atoms with Crippen molar-refractivity contribution in [3.8, 4) is 0 Å². The second-order valence-corrected chi connectivity index (χ2v) is 7.45. The van der Waals surface area contributed by atoms with Gasteiger partial charge in [0, 0.05) is 45.8 Å². The zero-order valence-corrected chi connectivity index (χ0v) is 17.7. The van der Waals surface area contributed by atoms with Crippen LogP contribution in [-0.4, -0.2) is 86.5 Å². The van der Waals surface area contributed by atoms with Crippen LogP contribution in [0.2, 0.25) is 0 Å². The first-order chi connectivity index (χ1) is 12.8. The Morgan fingerprint density at radius 3 is 2.44 bits per heavy atom. The molecule has 1 aliphatic rings. The highest BCUT2D eigenvalue weighted by Gasteiger charge is 2.22. The number of carbonyl (C=O) groups excluding carboxylic acids is 2. The SMILES string of the molecule is CCCNC(=O)CN1CCC(NC(=NCC(=O)N(C)C)NC(C)CC)CC1. The van der Waals surface area contributed by atoms with E-state index in [2.05, 4.69) is 46.6 Å². The van der Waals surface area contributed by atoms with Gasteiger partial charge < -0.3 is 20.9 Å². The number of hydrogen-bond acceptors (Lipinski definition) is 4. The van der Waals surface area contributed by atoms with Gasteiger partial charge in [-0.25, -0.2) is 4.99 Å². The fraction of sp³-hybridized carbons (Fsp3) is 0.842. The van der Waals surface area contributed by atoms with Crippen molar-refractivity contribution in [3.05, 3.63) is 0 Å². The number of likely N-dealkylation sites (N-methyl/N-ethyl adjacent to an activating group) is 1. The number of amides is 2. The average molecular weight is 383 g/mol. The third kappa shape index (κ3) is 9.60. The second kappa shape index (κ2) is 12.5. The second-order valence-electron chi connectivity index (χ2n) is 7.45. The van der Waals surface area contributed by atoms with E-state index in [0.717, 1.165) is 45.3 Å². The Kier molecular flexibility index (Phi) is 10.8. The number of piperidine rings is 1. The van der Waals surface area contributed by atoms with E-state index in [1.165, 1.54) is 0 Å². The molecule has 1 atom stereocenters. The Morgan fingerprint density at radius 2 is 1.89 bits per heavy atom. The smallest absolute Gasteiger partial charge is 0.243 e. The van der Waals surface area contributed by atoms with Crippen LogP contribution in [0.3, 0.4) is 0 Å². The summed E-state index contributed by atoms with van der Waals surface area (Å²) < 4.78 is 0. The normalized spacial score (nSPS) is 17.3. The summed E-state index contributed by atoms with van der Waals surface area (Å²) in [6.45, 7) is 9.37. The number of nitrogens with one attached hydrogen (secondary N) is 3. The van der Waals surface area contributed by atoms with Gasteiger partial charge in [0.25, 0.3) is 0 Å². The first-order valence-corrected chi connectivity index (χ1v) is 10.1. The number of nitrogens with zero attached hydrogens (tertiary/aromatic N) is 3. The average Bonchev–Trinajstić information content (AvgIpc) is 2.65. The summed E-state index contributed by atoms with van der Waals surface area (Å²) in [6.07, 6.45) is 3.83. The molecule has 1 heterocycles. The van der Waals surface area contributed by atoms with Crippen molar-refractivity contribution >= 4 is 17.8 Å². The van der Waals surface area contributed by atoms with Gasteiger partial charge in [0.15, 0.2) is 5.96 Å². The molecule has 8 nitrogen and oxygen atoms in total. The Bertz CT molecular complexity index is 487. The molecule has 3 N–H and O–H groups in total. The van der Waals surface area contributed by atoms with Gasteiger partial charge in [-0.3, -0.25) is 14.5 Å². The molecular weight excluding hydrogens is 344 g/mol. The summed E-state index contributed by atoms with van der Waals surface area (Å²) in [4.78, 5) is 31.9. The van der Waals surface area contributed by atoms with E-state index in [1.54, 1.807) is 19.0 Å². The van der Waals surface area contributed by atoms with Crippen LogP contribution in [0.5, 0.6) is 0 Å². The number of guanidine groups is 1. The molecule has 1 aliphatic heterocycles. The maximum atomic E-state index is 11.9. The summed E-state index contributed by atoms with van der Waals surface area (Å²) in [5.74, 6) is 0.776. The molecule has 27 heavy (non-hydrogen) atoms. The number of likely N-dealkylation sites (tertiary alicyclic amines) is 1. The highest BCUT2D eigenvalue weighted by atomic mass is 16.2. The highest BCUT2D eigenvalue weighted by molar-refractivity contribution is 5.85. The molecule has 0 spiro atoms. The van der Waals surface area contributed by atoms with Gasteiger partial charge >= 0.3 is 0 Å². The van der Waals surface area contributed by atoms with Gasteiger partial charge in [0.2, 0.25) is 11.8 Å². The van der Waals surface area contributed by atoms with Crippen molar-refractivity contribution in [1.29, 1.82) is 0 Å². The molecule has 1 unspecified atom stereocenters. The molecule has 0 radical (unpaired) electrons. The molecule has 1 rings (SSSR count). The number of aliphatic imine (C=N–C) groups is 1. The van der Waals surface area contributed by atoms with Crippen molar-refractivity contribution in [1.82, 2.24) is 25.8 Å². The van der Waals surface area contributed by atoms with Crippen LogP contribution in [0.15, 0.2) is 4.99 Å². The minimum atomic E-state index is -0.0202. The lowest BCUT2D eigenvalue weighted by atomic mass is 10.1. The summed E-state index contributed by atoms with van der Waals surface area (Å²) in [7, 11) is 3.47. The Labute approximate surface area is 164 Å². The van der Waals surface area contributed by atoms with Crippen molar-refractivity contribution in [2.45, 2.75) is 58.5 Å². The minimum Gasteiger partial charge on any atom is -0.355 e. The van der Waals surface area contributed by atoms with Crippen LogP contribution >= 0.6 is 0 Å². The van der Waals surface area contributed by atoms with Crippen LogP contribution in [0, 0.1) is 0 Å². The highest BCUT2D eigenvalue weighted by Crippen LogP contribution is 2.10. The predicted octanol–water partition coefficient (Wildman–Crippen LogP) is 0.399. The van der Waals surface area contributed by atoms with E-state index in [4.69, 9.17) is 0 Å². The van der Waals surface area contributed by atoms with E-state index < -0.39 is 0 Å². The van der Waals surface area contributed by atoms with Crippen molar-refractivity contribution in [3.63, 3.8) is 0 Å². The molecule has 1 saturated heterocycles. The van der Waals surface area contributed by atoms with Gasteiger partial charge in [-0.15, -0.1) is 0 Å². The standard InChI is InChI=1S/C19H38N6O2/c1-6-10-20-17(26)14-25-11-8-16(9-12-25)23-19(22-15(3)7-2)21-13-18(27)24(4)5/h15-16H,6-14H2,1-5H3,(H,20,26)(H2,21,22,23). The van der Waals surface area contributed by atoms with Gasteiger partial charge in [-0.2, -0.15) is 0 Å². The summed E-state index contributed by atoms with van der Waals surface area (Å²) >= 11 is 0. The molecule has 0 aromatic rings. The van der Waals surface area contributed by atoms with Crippen molar-refractivity contribution in [2.24, 2.45) is 4.99 Å². The van der Waals surface area contributed by atoms with Crippen LogP contribution < -0.4 is 16.0 Å². The molecule has 156 valence electrons. The van der Waals surface area contributed by atoms with E-state index >= 15 is 0 Å². The fourth-order valence-corrected chi connectivity index (χ4v) is 2.71. The molecule has 8 heteroatoms. The molecule has 0 aromatic carbocycles. The quantitative estimate of drug-likeness (QED) is 0.397. The summed E-state index contributed by atoms with van der Waals surface area (Å²) in [5, 5.41) is 9.76. The third-order valence-corrected chi connectivity index (χ3v) is 4.73. The molecule has 2 amide bonds. The summed E-state index contributed by atoms with van der Waals surface area (Å²) in [5.41, 5.74) is 0. The first kappa shape index (κ1) is 23.2. The van der Waals surface area contributed by atoms with Gasteiger partial charge in [0.05, 0.1) is 6.54 Å². The van der Waals surface area contributed by atoms with Crippen LogP contribution in [-0.2, 0) is 9.59 Å². The maximum absolute atomic E-state index is 11.9. The fourth-order valence-electron chi connectivity index (χ4n) is 2.71. The van der Waals surface area contributed by atoms with Crippen LogP contribution in [0.1, 0.15) is 46.5 Å². The van der Waals surface area contributed by atoms with Gasteiger partial charge in [-0.1, -0.05) is 13.8 Å². The Hall–Kier alpha value is -1.83. The minimum absolute atomic E-state index is 0.0202. The van der Waals surface area contributed by atoms with E-state index in [0.29, 0.717) is 18.5 Å². The first-order valence-electron chi connectivity index (χ1n) is 10.1. The van der Waals surface area contributed by atoms with Crippen molar-refractivity contribution < 1.29 is 9.59 Å². The van der Waals surface area contributed by atoms with Crippen LogP contribution in [0.25, 0.3) is 0 Å². The largest absolute Gasteiger partial charge is 0.355 e. The third-order valence-electron chi connectivity index (χ3n) is 4.73. The lowest BCUT2D eigenvalue weighted by molar-refractivity contribution is -0.127. The molecule has 1 fully saturated rings. The van der Waals surface area contributed by atoms with E-state index in [9.17, 15) is 9.59 Å². The number of rotatable bonds is 9. The molecule has 0 aromatic heterocycles. The number of hydrogen-bond donors (Lipinski definition) is 3. The lowest BCUT2D eigenvalue weighted by Crippen LogP contribution is -2.51.